The summed E-state index contributed by atoms with van der Waals surface area (Å²) in [6.45, 7) is 3.61. The number of carbonyl (C=O) groups excluding carboxylic acids is 1. The number of nitrogens with one attached hydrogen (secondary N) is 1. The Kier molecular flexibility index (Phi) is 7.70. The number of piperidine rings is 1. The lowest BCUT2D eigenvalue weighted by Gasteiger charge is -2.35. The van der Waals surface area contributed by atoms with Gasteiger partial charge in [0.2, 0.25) is 0 Å². The fraction of sp³-hybridized carbons (Fsp3) is 0.650. The van der Waals surface area contributed by atoms with E-state index < -0.39 is 0 Å². The molecule has 0 saturated carbocycles. The average Bonchev–Trinajstić information content (AvgIpc) is 3.18. The molecular formula is C20H30ClN3O2S. The van der Waals surface area contributed by atoms with E-state index in [1.54, 1.807) is 12.1 Å². The van der Waals surface area contributed by atoms with E-state index in [4.69, 9.17) is 16.3 Å². The van der Waals surface area contributed by atoms with E-state index in [9.17, 15) is 4.79 Å². The van der Waals surface area contributed by atoms with Crippen LogP contribution in [0.4, 0.5) is 0 Å². The van der Waals surface area contributed by atoms with Crippen molar-refractivity contribution in [2.45, 2.75) is 31.4 Å². The van der Waals surface area contributed by atoms with Crippen LogP contribution in [0.15, 0.2) is 18.2 Å². The fourth-order valence-corrected chi connectivity index (χ4v) is 5.06. The van der Waals surface area contributed by atoms with Crippen molar-refractivity contribution in [1.82, 2.24) is 15.1 Å². The molecule has 1 unspecified atom stereocenters. The molecule has 27 heavy (non-hydrogen) atoms. The molecule has 1 N–H and O–H groups in total. The summed E-state index contributed by atoms with van der Waals surface area (Å²) in [5.74, 6) is 3.14. The van der Waals surface area contributed by atoms with Crippen LogP contribution < -0.4 is 10.1 Å². The van der Waals surface area contributed by atoms with Crippen molar-refractivity contribution in [3.8, 4) is 5.75 Å². The normalized spacial score (nSPS) is 21.6. The number of thioether (sulfide) groups is 1. The molecule has 150 valence electrons. The molecule has 2 saturated heterocycles. The minimum absolute atomic E-state index is 0.104. The first-order chi connectivity index (χ1) is 13.0. The summed E-state index contributed by atoms with van der Waals surface area (Å²) in [4.78, 5) is 16.8. The first kappa shape index (κ1) is 20.8. The SMILES string of the molecule is CN(C)CCNC(=O)c1ccc(OC2CCN(C3CCSC3)CC2)c(Cl)c1. The van der Waals surface area contributed by atoms with Gasteiger partial charge in [-0.2, -0.15) is 11.8 Å². The van der Waals surface area contributed by atoms with Crippen molar-refractivity contribution >= 4 is 29.3 Å². The predicted octanol–water partition coefficient (Wildman–Crippen LogP) is 2.98. The van der Waals surface area contributed by atoms with Gasteiger partial charge >= 0.3 is 0 Å². The molecule has 2 aliphatic rings. The molecule has 1 aromatic rings. The summed E-state index contributed by atoms with van der Waals surface area (Å²) in [5, 5.41) is 3.41. The van der Waals surface area contributed by atoms with Gasteiger partial charge in [-0.05, 0) is 57.3 Å². The molecule has 5 nitrogen and oxygen atoms in total. The van der Waals surface area contributed by atoms with Crippen LogP contribution in [0.5, 0.6) is 5.75 Å². The molecule has 7 heteroatoms. The van der Waals surface area contributed by atoms with E-state index in [-0.39, 0.29) is 12.0 Å². The van der Waals surface area contributed by atoms with Gasteiger partial charge in [-0.25, -0.2) is 0 Å². The average molecular weight is 412 g/mol. The number of halogens is 1. The van der Waals surface area contributed by atoms with Crippen LogP contribution in [0.2, 0.25) is 5.02 Å². The highest BCUT2D eigenvalue weighted by Gasteiger charge is 2.28. The standard InChI is InChI=1S/C20H30ClN3O2S/c1-23(2)11-8-22-20(25)15-3-4-19(18(21)13-15)26-17-5-9-24(10-6-17)16-7-12-27-14-16/h3-4,13,16-17H,5-12,14H2,1-2H3,(H,22,25). The molecule has 2 heterocycles. The van der Waals surface area contributed by atoms with Crippen LogP contribution in [-0.4, -0.2) is 79.6 Å². The molecule has 1 aromatic carbocycles. The molecule has 1 amide bonds. The van der Waals surface area contributed by atoms with Gasteiger partial charge in [-0.15, -0.1) is 0 Å². The van der Waals surface area contributed by atoms with Crippen molar-refractivity contribution in [1.29, 1.82) is 0 Å². The second-order valence-corrected chi connectivity index (χ2v) is 9.13. The Hall–Kier alpha value is -0.950. The number of likely N-dealkylation sites (N-methyl/N-ethyl adjacent to an activating group) is 1. The van der Waals surface area contributed by atoms with E-state index in [2.05, 4.69) is 22.0 Å². The van der Waals surface area contributed by atoms with Crippen LogP contribution in [0.25, 0.3) is 0 Å². The largest absolute Gasteiger partial charge is 0.489 e. The second kappa shape index (κ2) is 10.0. The highest BCUT2D eigenvalue weighted by molar-refractivity contribution is 7.99. The molecule has 3 rings (SSSR count). The Morgan fingerprint density at radius 3 is 2.74 bits per heavy atom. The summed E-state index contributed by atoms with van der Waals surface area (Å²) in [7, 11) is 3.96. The molecule has 0 aliphatic carbocycles. The zero-order valence-corrected chi connectivity index (χ0v) is 17.8. The predicted molar refractivity (Wildman–Crippen MR) is 113 cm³/mol. The number of benzene rings is 1. The van der Waals surface area contributed by atoms with Crippen molar-refractivity contribution < 1.29 is 9.53 Å². The van der Waals surface area contributed by atoms with E-state index in [1.807, 2.05) is 25.1 Å². The van der Waals surface area contributed by atoms with Crippen LogP contribution in [0.1, 0.15) is 29.6 Å². The third-order valence-corrected chi connectivity index (χ3v) is 6.67. The van der Waals surface area contributed by atoms with Gasteiger partial charge in [-0.3, -0.25) is 9.69 Å². The molecule has 2 fully saturated rings. The maximum atomic E-state index is 12.2. The van der Waals surface area contributed by atoms with Crippen LogP contribution in [0.3, 0.4) is 0 Å². The molecule has 0 aromatic heterocycles. The maximum Gasteiger partial charge on any atom is 0.251 e. The fourth-order valence-electron chi connectivity index (χ4n) is 3.58. The van der Waals surface area contributed by atoms with Gasteiger partial charge in [-0.1, -0.05) is 11.6 Å². The quantitative estimate of drug-likeness (QED) is 0.747. The molecular weight excluding hydrogens is 382 g/mol. The zero-order chi connectivity index (χ0) is 19.2. The highest BCUT2D eigenvalue weighted by atomic mass is 35.5. The first-order valence-electron chi connectivity index (χ1n) is 9.74. The summed E-state index contributed by atoms with van der Waals surface area (Å²) < 4.78 is 6.14. The van der Waals surface area contributed by atoms with Gasteiger partial charge in [0.15, 0.2) is 0 Å². The van der Waals surface area contributed by atoms with Gasteiger partial charge in [0.1, 0.15) is 11.9 Å². The summed E-state index contributed by atoms with van der Waals surface area (Å²) in [6, 6.07) is 6.07. The zero-order valence-electron chi connectivity index (χ0n) is 16.2. The molecule has 0 spiro atoms. The number of likely N-dealkylation sites (tertiary alicyclic amines) is 1. The molecule has 1 atom stereocenters. The third-order valence-electron chi connectivity index (χ3n) is 5.23. The van der Waals surface area contributed by atoms with Gasteiger partial charge < -0.3 is 15.0 Å². The van der Waals surface area contributed by atoms with Crippen molar-refractivity contribution in [3.63, 3.8) is 0 Å². The minimum Gasteiger partial charge on any atom is -0.489 e. The van der Waals surface area contributed by atoms with E-state index >= 15 is 0 Å². The lowest BCUT2D eigenvalue weighted by atomic mass is 10.0. The summed E-state index contributed by atoms with van der Waals surface area (Å²) >= 11 is 8.45. The van der Waals surface area contributed by atoms with Crippen LogP contribution in [-0.2, 0) is 0 Å². The second-order valence-electron chi connectivity index (χ2n) is 7.57. The number of hydrogen-bond acceptors (Lipinski definition) is 5. The number of ether oxygens (including phenoxy) is 1. The van der Waals surface area contributed by atoms with E-state index in [0.717, 1.165) is 38.5 Å². The Morgan fingerprint density at radius 1 is 1.33 bits per heavy atom. The molecule has 2 aliphatic heterocycles. The maximum absolute atomic E-state index is 12.2. The Balaban J connectivity index is 1.48. The number of hydrogen-bond donors (Lipinski definition) is 1. The Morgan fingerprint density at radius 2 is 2.11 bits per heavy atom. The molecule has 0 bridgehead atoms. The number of rotatable bonds is 7. The van der Waals surface area contributed by atoms with Gasteiger partial charge in [0.05, 0.1) is 5.02 Å². The number of nitrogens with zero attached hydrogens (tertiary/aromatic N) is 2. The van der Waals surface area contributed by atoms with Crippen LogP contribution in [0, 0.1) is 0 Å². The monoisotopic (exact) mass is 411 g/mol. The Labute approximate surface area is 171 Å². The summed E-state index contributed by atoms with van der Waals surface area (Å²) in [5.41, 5.74) is 0.569. The smallest absolute Gasteiger partial charge is 0.251 e. The number of carbonyl (C=O) groups is 1. The topological polar surface area (TPSA) is 44.8 Å². The number of amides is 1. The van der Waals surface area contributed by atoms with Gasteiger partial charge in [0.25, 0.3) is 5.91 Å². The summed E-state index contributed by atoms with van der Waals surface area (Å²) in [6.07, 6.45) is 3.59. The van der Waals surface area contributed by atoms with E-state index in [0.29, 0.717) is 22.9 Å². The highest BCUT2D eigenvalue weighted by Crippen LogP contribution is 2.30. The molecule has 0 radical (unpaired) electrons. The Bertz CT molecular complexity index is 630. The third kappa shape index (κ3) is 6.01. The van der Waals surface area contributed by atoms with Crippen molar-refractivity contribution in [2.75, 3.05) is 51.8 Å². The first-order valence-corrected chi connectivity index (χ1v) is 11.3. The van der Waals surface area contributed by atoms with E-state index in [1.165, 1.54) is 17.9 Å². The lowest BCUT2D eigenvalue weighted by molar-refractivity contribution is 0.0817. The van der Waals surface area contributed by atoms with Crippen LogP contribution >= 0.6 is 23.4 Å². The van der Waals surface area contributed by atoms with Crippen molar-refractivity contribution in [3.05, 3.63) is 28.8 Å². The lowest BCUT2D eigenvalue weighted by Crippen LogP contribution is -2.44. The minimum atomic E-state index is -0.104. The van der Waals surface area contributed by atoms with Crippen molar-refractivity contribution in [2.24, 2.45) is 0 Å². The van der Waals surface area contributed by atoms with Gasteiger partial charge in [0, 0.05) is 43.5 Å².